The van der Waals surface area contributed by atoms with Crippen LogP contribution in [0.3, 0.4) is 0 Å². The highest BCUT2D eigenvalue weighted by atomic mass is 32.1. The van der Waals surface area contributed by atoms with Crippen molar-refractivity contribution < 1.29 is 19.1 Å². The molecule has 0 saturated carbocycles. The van der Waals surface area contributed by atoms with Gasteiger partial charge in [0.2, 0.25) is 5.91 Å². The number of benzene rings is 2. The number of carbonyl (C=O) groups is 3. The number of ether oxygens (including phenoxy) is 1. The van der Waals surface area contributed by atoms with E-state index in [-0.39, 0.29) is 12.5 Å². The lowest BCUT2D eigenvalue weighted by atomic mass is 9.92. The second kappa shape index (κ2) is 8.72. The molecule has 2 aliphatic rings. The number of hydrogen-bond acceptors (Lipinski definition) is 6. The van der Waals surface area contributed by atoms with E-state index in [0.29, 0.717) is 30.3 Å². The van der Waals surface area contributed by atoms with Crippen molar-refractivity contribution in [1.29, 1.82) is 0 Å². The fourth-order valence-corrected chi connectivity index (χ4v) is 5.78. The monoisotopic (exact) mass is 478 g/mol. The van der Waals surface area contributed by atoms with E-state index in [9.17, 15) is 14.4 Å². The number of nitrogens with one attached hydrogen (secondary N) is 1. The summed E-state index contributed by atoms with van der Waals surface area (Å²) in [5, 5.41) is 3.86. The number of thiazole rings is 1. The topological polar surface area (TPSA) is 91.8 Å². The van der Waals surface area contributed by atoms with E-state index in [2.05, 4.69) is 11.4 Å². The van der Waals surface area contributed by atoms with Gasteiger partial charge in [-0.25, -0.2) is 9.78 Å². The Morgan fingerprint density at radius 3 is 2.68 bits per heavy atom. The molecule has 2 saturated heterocycles. The zero-order chi connectivity index (χ0) is 23.9. The van der Waals surface area contributed by atoms with Gasteiger partial charge in [0, 0.05) is 19.0 Å². The van der Waals surface area contributed by atoms with Crippen LogP contribution in [0.25, 0.3) is 10.2 Å². The number of amides is 4. The number of fused-ring (bicyclic) bond motifs is 1. The largest absolute Gasteiger partial charge is 0.497 e. The predicted molar refractivity (Wildman–Crippen MR) is 129 cm³/mol. The number of hydrogen-bond donors (Lipinski definition) is 1. The van der Waals surface area contributed by atoms with Crippen molar-refractivity contribution in [3.63, 3.8) is 0 Å². The van der Waals surface area contributed by atoms with Crippen LogP contribution in [0.2, 0.25) is 0 Å². The van der Waals surface area contributed by atoms with Crippen molar-refractivity contribution in [1.82, 2.24) is 20.1 Å². The van der Waals surface area contributed by atoms with Gasteiger partial charge in [-0.15, -0.1) is 11.3 Å². The molecule has 0 bridgehead atoms. The van der Waals surface area contributed by atoms with Gasteiger partial charge in [0.1, 0.15) is 17.8 Å². The summed E-state index contributed by atoms with van der Waals surface area (Å²) in [5.74, 6) is 0.241. The van der Waals surface area contributed by atoms with Crippen molar-refractivity contribution in [2.45, 2.75) is 31.2 Å². The Hall–Kier alpha value is -3.46. The summed E-state index contributed by atoms with van der Waals surface area (Å²) >= 11 is 1.71. The molecule has 176 valence electrons. The van der Waals surface area contributed by atoms with Gasteiger partial charge < -0.3 is 15.0 Å². The first-order valence-electron chi connectivity index (χ1n) is 11.3. The molecule has 5 rings (SSSR count). The predicted octanol–water partition coefficient (Wildman–Crippen LogP) is 3.48. The third-order valence-corrected chi connectivity index (χ3v) is 7.92. The number of methoxy groups -OCH3 is 1. The lowest BCUT2D eigenvalue weighted by molar-refractivity contribution is -0.139. The molecule has 2 aliphatic heterocycles. The van der Waals surface area contributed by atoms with Crippen LogP contribution in [-0.2, 0) is 15.1 Å². The summed E-state index contributed by atoms with van der Waals surface area (Å²) < 4.78 is 6.42. The summed E-state index contributed by atoms with van der Waals surface area (Å²) in [6.07, 6.45) is 1.63. The number of para-hydroxylation sites is 1. The summed E-state index contributed by atoms with van der Waals surface area (Å²) in [5.41, 5.74) is 0.376. The number of likely N-dealkylation sites (tertiary alicyclic amines) is 1. The number of imide groups is 1. The summed E-state index contributed by atoms with van der Waals surface area (Å²) in [7, 11) is 1.54. The summed E-state index contributed by atoms with van der Waals surface area (Å²) in [6.45, 7) is 2.54. The number of rotatable bonds is 5. The Labute approximate surface area is 201 Å². The fourth-order valence-electron chi connectivity index (χ4n) is 4.65. The zero-order valence-electron chi connectivity index (χ0n) is 19.1. The first-order valence-corrected chi connectivity index (χ1v) is 12.1. The average Bonchev–Trinajstić information content (AvgIpc) is 3.39. The van der Waals surface area contributed by atoms with Gasteiger partial charge in [0.05, 0.1) is 22.3 Å². The van der Waals surface area contributed by atoms with Crippen molar-refractivity contribution >= 4 is 39.4 Å². The highest BCUT2D eigenvalue weighted by molar-refractivity contribution is 7.18. The van der Waals surface area contributed by atoms with E-state index in [1.54, 1.807) is 54.5 Å². The van der Waals surface area contributed by atoms with E-state index in [1.165, 1.54) is 4.70 Å². The normalized spacial score (nSPS) is 21.2. The van der Waals surface area contributed by atoms with Crippen LogP contribution in [0.5, 0.6) is 5.75 Å². The van der Waals surface area contributed by atoms with Crippen LogP contribution < -0.4 is 10.1 Å². The highest BCUT2D eigenvalue weighted by Gasteiger charge is 2.50. The Kier molecular flexibility index (Phi) is 5.73. The highest BCUT2D eigenvalue weighted by Crippen LogP contribution is 2.34. The molecular weight excluding hydrogens is 452 g/mol. The second-order valence-corrected chi connectivity index (χ2v) is 9.92. The van der Waals surface area contributed by atoms with Crippen LogP contribution in [0.4, 0.5) is 4.79 Å². The minimum absolute atomic E-state index is 0.221. The van der Waals surface area contributed by atoms with Crippen LogP contribution in [-0.4, -0.2) is 59.4 Å². The molecule has 0 radical (unpaired) electrons. The molecule has 3 heterocycles. The smallest absolute Gasteiger partial charge is 0.325 e. The van der Waals surface area contributed by atoms with Crippen molar-refractivity contribution in [2.75, 3.05) is 26.7 Å². The molecule has 0 aliphatic carbocycles. The molecule has 8 nitrogen and oxygen atoms in total. The van der Waals surface area contributed by atoms with Gasteiger partial charge in [0.25, 0.3) is 5.91 Å². The molecule has 3 aromatic rings. The quantitative estimate of drug-likeness (QED) is 0.567. The Morgan fingerprint density at radius 1 is 1.18 bits per heavy atom. The van der Waals surface area contributed by atoms with Crippen LogP contribution in [0, 0.1) is 0 Å². The van der Waals surface area contributed by atoms with E-state index in [0.717, 1.165) is 28.3 Å². The zero-order valence-corrected chi connectivity index (χ0v) is 19.9. The summed E-state index contributed by atoms with van der Waals surface area (Å²) in [6, 6.07) is 14.6. The molecule has 34 heavy (non-hydrogen) atoms. The minimum atomic E-state index is -1.24. The molecule has 2 aromatic carbocycles. The molecule has 1 atom stereocenters. The van der Waals surface area contributed by atoms with Crippen LogP contribution in [0.1, 0.15) is 36.3 Å². The molecular formula is C25H26N4O4S. The van der Waals surface area contributed by atoms with Gasteiger partial charge in [-0.3, -0.25) is 14.5 Å². The standard InChI is InChI=1S/C25H26N4O4S/c1-25(17-6-5-7-18(14-17)33-2)23(31)29(24(32)27-25)15-21(30)28-12-10-16(11-13-28)22-26-19-8-3-4-9-20(19)34-22/h3-9,14,16H,10-13,15H2,1-2H3,(H,27,32)/t25-/m0/s1. The first kappa shape index (κ1) is 22.3. The van der Waals surface area contributed by atoms with Crippen molar-refractivity contribution in [3.05, 3.63) is 59.1 Å². The molecule has 0 unspecified atom stereocenters. The Balaban J connectivity index is 1.23. The van der Waals surface area contributed by atoms with E-state index in [1.807, 2.05) is 18.2 Å². The van der Waals surface area contributed by atoms with E-state index in [4.69, 9.17) is 9.72 Å². The molecule has 1 aromatic heterocycles. The third kappa shape index (κ3) is 3.90. The summed E-state index contributed by atoms with van der Waals surface area (Å²) in [4.78, 5) is 46.4. The fraction of sp³-hybridized carbons (Fsp3) is 0.360. The van der Waals surface area contributed by atoms with Crippen molar-refractivity contribution in [3.8, 4) is 5.75 Å². The number of aromatic nitrogens is 1. The maximum Gasteiger partial charge on any atom is 0.325 e. The average molecular weight is 479 g/mol. The van der Waals surface area contributed by atoms with Gasteiger partial charge in [-0.2, -0.15) is 0 Å². The molecule has 2 fully saturated rings. The molecule has 1 N–H and O–H groups in total. The maximum atomic E-state index is 13.2. The molecule has 0 spiro atoms. The number of carbonyl (C=O) groups excluding carboxylic acids is 3. The van der Waals surface area contributed by atoms with Gasteiger partial charge in [-0.1, -0.05) is 24.3 Å². The Morgan fingerprint density at radius 2 is 1.94 bits per heavy atom. The van der Waals surface area contributed by atoms with E-state index < -0.39 is 17.5 Å². The number of nitrogens with zero attached hydrogens (tertiary/aromatic N) is 3. The lowest BCUT2D eigenvalue weighted by Gasteiger charge is -2.32. The first-order chi connectivity index (χ1) is 16.4. The molecule has 4 amide bonds. The van der Waals surface area contributed by atoms with Crippen molar-refractivity contribution in [2.24, 2.45) is 0 Å². The van der Waals surface area contributed by atoms with Crippen LogP contribution in [0.15, 0.2) is 48.5 Å². The second-order valence-electron chi connectivity index (χ2n) is 8.85. The number of urea groups is 1. The molecule has 9 heteroatoms. The SMILES string of the molecule is COc1cccc([C@]2(C)NC(=O)N(CC(=O)N3CCC(c4nc5ccccc5s4)CC3)C2=O)c1. The van der Waals surface area contributed by atoms with E-state index >= 15 is 0 Å². The lowest BCUT2D eigenvalue weighted by Crippen LogP contribution is -2.46. The maximum absolute atomic E-state index is 13.2. The van der Waals surface area contributed by atoms with Crippen LogP contribution >= 0.6 is 11.3 Å². The van der Waals surface area contributed by atoms with Gasteiger partial charge in [-0.05, 0) is 49.6 Å². The number of piperidine rings is 1. The minimum Gasteiger partial charge on any atom is -0.497 e. The van der Waals surface area contributed by atoms with Gasteiger partial charge >= 0.3 is 6.03 Å². The van der Waals surface area contributed by atoms with Gasteiger partial charge in [0.15, 0.2) is 0 Å². The third-order valence-electron chi connectivity index (χ3n) is 6.72. The Bertz CT molecular complexity index is 1230.